The fourth-order valence-corrected chi connectivity index (χ4v) is 3.83. The summed E-state index contributed by atoms with van der Waals surface area (Å²) in [6.45, 7) is 3.56. The van der Waals surface area contributed by atoms with E-state index < -0.39 is 0 Å². The highest BCUT2D eigenvalue weighted by Crippen LogP contribution is 2.30. The minimum atomic E-state index is -0.309. The van der Waals surface area contributed by atoms with Gasteiger partial charge in [-0.05, 0) is 29.3 Å². The molecule has 0 saturated carbocycles. The van der Waals surface area contributed by atoms with Gasteiger partial charge in [-0.25, -0.2) is 4.79 Å². The van der Waals surface area contributed by atoms with Crippen molar-refractivity contribution in [2.75, 3.05) is 32.7 Å². The van der Waals surface area contributed by atoms with Crippen LogP contribution in [0, 0.1) is 0 Å². The summed E-state index contributed by atoms with van der Waals surface area (Å²) in [5.74, 6) is 0.344. The molecule has 0 aliphatic carbocycles. The van der Waals surface area contributed by atoms with Crippen LogP contribution in [0.15, 0.2) is 48.5 Å². The van der Waals surface area contributed by atoms with Gasteiger partial charge in [-0.2, -0.15) is 0 Å². The van der Waals surface area contributed by atoms with Gasteiger partial charge in [0, 0.05) is 48.3 Å². The normalized spacial score (nSPS) is 16.8. The predicted molar refractivity (Wildman–Crippen MR) is 119 cm³/mol. The molecule has 4 rings (SSSR count). The average Bonchev–Trinajstić information content (AvgIpc) is 3.16. The van der Waals surface area contributed by atoms with Crippen molar-refractivity contribution in [1.29, 1.82) is 0 Å². The highest BCUT2D eigenvalue weighted by Gasteiger charge is 2.23. The van der Waals surface area contributed by atoms with Gasteiger partial charge in [0.25, 0.3) is 0 Å². The summed E-state index contributed by atoms with van der Waals surface area (Å²) < 4.78 is 10.6. The summed E-state index contributed by atoms with van der Waals surface area (Å²) in [4.78, 5) is 27.6. The molecule has 31 heavy (non-hydrogen) atoms. The zero-order chi connectivity index (χ0) is 21.8. The van der Waals surface area contributed by atoms with E-state index in [2.05, 4.69) is 4.90 Å². The lowest BCUT2D eigenvalue weighted by molar-refractivity contribution is -0.131. The Morgan fingerprint density at radius 3 is 2.58 bits per heavy atom. The molecular formula is C23H22Cl2N2O4. The molecule has 2 aromatic carbocycles. The molecule has 0 radical (unpaired) electrons. The van der Waals surface area contributed by atoms with E-state index in [-0.39, 0.29) is 18.7 Å². The Morgan fingerprint density at radius 2 is 1.84 bits per heavy atom. The van der Waals surface area contributed by atoms with Crippen molar-refractivity contribution >= 4 is 40.3 Å². The minimum Gasteiger partial charge on any atom is -0.445 e. The Hall–Kier alpha value is -2.54. The van der Waals surface area contributed by atoms with Gasteiger partial charge in [0.15, 0.2) is 0 Å². The van der Waals surface area contributed by atoms with Crippen molar-refractivity contribution in [3.63, 3.8) is 0 Å². The van der Waals surface area contributed by atoms with Crippen LogP contribution in [0.4, 0.5) is 4.79 Å². The molecule has 0 spiro atoms. The third-order valence-electron chi connectivity index (χ3n) is 5.34. The second-order valence-electron chi connectivity index (χ2n) is 7.49. The summed E-state index contributed by atoms with van der Waals surface area (Å²) in [5, 5.41) is 1.26. The quantitative estimate of drug-likeness (QED) is 0.490. The summed E-state index contributed by atoms with van der Waals surface area (Å²) in [5.41, 5.74) is 2.61. The van der Waals surface area contributed by atoms with Gasteiger partial charge in [0.2, 0.25) is 0 Å². The molecule has 0 N–H and O–H groups in total. The first kappa shape index (κ1) is 21.7. The maximum atomic E-state index is 12.3. The Bertz CT molecular complexity index is 999. The third kappa shape index (κ3) is 5.58. The van der Waals surface area contributed by atoms with Crippen LogP contribution < -0.4 is 4.74 Å². The minimum absolute atomic E-state index is 0.227. The Morgan fingerprint density at radius 1 is 1.10 bits per heavy atom. The van der Waals surface area contributed by atoms with Gasteiger partial charge in [-0.3, -0.25) is 9.69 Å². The zero-order valence-corrected chi connectivity index (χ0v) is 18.4. The van der Waals surface area contributed by atoms with E-state index in [1.165, 1.54) is 0 Å². The lowest BCUT2D eigenvalue weighted by Crippen LogP contribution is -2.48. The largest absolute Gasteiger partial charge is 0.445 e. The molecule has 1 fully saturated rings. The predicted octanol–water partition coefficient (Wildman–Crippen LogP) is 4.34. The molecule has 162 valence electrons. The second kappa shape index (κ2) is 9.73. The van der Waals surface area contributed by atoms with Crippen LogP contribution in [0.2, 0.25) is 5.02 Å². The fraction of sp³-hybridized carbons (Fsp3) is 0.304. The first-order valence-electron chi connectivity index (χ1n) is 10.1. The molecule has 8 heteroatoms. The summed E-state index contributed by atoms with van der Waals surface area (Å²) in [6.07, 6.45) is 1.94. The van der Waals surface area contributed by atoms with E-state index in [9.17, 15) is 9.59 Å². The number of esters is 1. The van der Waals surface area contributed by atoms with Gasteiger partial charge in [0.05, 0.1) is 6.42 Å². The summed E-state index contributed by atoms with van der Waals surface area (Å²) in [7, 11) is 0. The standard InChI is InChI=1S/C23H22Cl2N2O4/c24-19-5-1-16(2-6-19)15-30-23(29)27-11-9-26(10-12-27)8-7-20(25)17-3-4-18-14-22(28)31-21(18)13-17/h1-7,13H,8-12,14-15H2/b20-7-. The van der Waals surface area contributed by atoms with Gasteiger partial charge in [-0.15, -0.1) is 0 Å². The number of piperazine rings is 1. The first-order valence-corrected chi connectivity index (χ1v) is 10.8. The lowest BCUT2D eigenvalue weighted by atomic mass is 10.1. The highest BCUT2D eigenvalue weighted by molar-refractivity contribution is 6.48. The maximum absolute atomic E-state index is 12.3. The molecule has 1 saturated heterocycles. The number of ether oxygens (including phenoxy) is 2. The van der Waals surface area contributed by atoms with Crippen LogP contribution in [0.3, 0.4) is 0 Å². The van der Waals surface area contributed by atoms with E-state index in [4.69, 9.17) is 32.7 Å². The first-order chi connectivity index (χ1) is 15.0. The van der Waals surface area contributed by atoms with Crippen LogP contribution in [0.5, 0.6) is 5.75 Å². The summed E-state index contributed by atoms with van der Waals surface area (Å²) in [6, 6.07) is 12.8. The third-order valence-corrected chi connectivity index (χ3v) is 5.96. The second-order valence-corrected chi connectivity index (χ2v) is 8.34. The van der Waals surface area contributed by atoms with Gasteiger partial charge >= 0.3 is 12.1 Å². The number of nitrogens with zero attached hydrogens (tertiary/aromatic N) is 2. The molecule has 2 heterocycles. The Balaban J connectivity index is 1.23. The van der Waals surface area contributed by atoms with E-state index >= 15 is 0 Å². The smallest absolute Gasteiger partial charge is 0.410 e. The molecule has 6 nitrogen and oxygen atoms in total. The molecule has 0 bridgehead atoms. The number of fused-ring (bicyclic) bond motifs is 1. The molecule has 2 aliphatic heterocycles. The number of halogens is 2. The van der Waals surface area contributed by atoms with E-state index in [0.717, 1.165) is 29.8 Å². The van der Waals surface area contributed by atoms with Crippen LogP contribution in [0.1, 0.15) is 16.7 Å². The van der Waals surface area contributed by atoms with Crippen molar-refractivity contribution < 1.29 is 19.1 Å². The summed E-state index contributed by atoms with van der Waals surface area (Å²) >= 11 is 12.3. The Kier molecular flexibility index (Phi) is 6.80. The topological polar surface area (TPSA) is 59.1 Å². The number of hydrogen-bond acceptors (Lipinski definition) is 5. The number of benzene rings is 2. The molecule has 2 aromatic rings. The fourth-order valence-electron chi connectivity index (χ4n) is 3.52. The van der Waals surface area contributed by atoms with Crippen LogP contribution in [-0.4, -0.2) is 54.6 Å². The SMILES string of the molecule is O=C1Cc2ccc(/C(Cl)=C/CN3CCN(C(=O)OCc4ccc(Cl)cc4)CC3)cc2O1. The zero-order valence-electron chi connectivity index (χ0n) is 16.9. The molecule has 0 aromatic heterocycles. The van der Waals surface area contributed by atoms with Crippen molar-refractivity contribution in [3.8, 4) is 5.75 Å². The van der Waals surface area contributed by atoms with Crippen molar-refractivity contribution in [2.24, 2.45) is 0 Å². The maximum Gasteiger partial charge on any atom is 0.410 e. The van der Waals surface area contributed by atoms with Crippen molar-refractivity contribution in [3.05, 3.63) is 70.3 Å². The molecular weight excluding hydrogens is 439 g/mol. The van der Waals surface area contributed by atoms with Crippen LogP contribution in [0.25, 0.3) is 5.03 Å². The van der Waals surface area contributed by atoms with E-state index in [1.807, 2.05) is 30.3 Å². The number of amides is 1. The van der Waals surface area contributed by atoms with Crippen LogP contribution in [-0.2, 0) is 22.6 Å². The van der Waals surface area contributed by atoms with Gasteiger partial charge in [0.1, 0.15) is 12.4 Å². The number of carbonyl (C=O) groups excluding carboxylic acids is 2. The van der Waals surface area contributed by atoms with Crippen molar-refractivity contribution in [1.82, 2.24) is 9.80 Å². The highest BCUT2D eigenvalue weighted by atomic mass is 35.5. The molecule has 1 amide bonds. The van der Waals surface area contributed by atoms with Crippen LogP contribution >= 0.6 is 23.2 Å². The Labute approximate surface area is 190 Å². The van der Waals surface area contributed by atoms with Crippen molar-refractivity contribution in [2.45, 2.75) is 13.0 Å². The molecule has 2 aliphatic rings. The monoisotopic (exact) mass is 460 g/mol. The van der Waals surface area contributed by atoms with E-state index in [0.29, 0.717) is 41.9 Å². The van der Waals surface area contributed by atoms with Gasteiger partial charge < -0.3 is 14.4 Å². The molecule has 0 atom stereocenters. The van der Waals surface area contributed by atoms with E-state index in [1.54, 1.807) is 23.1 Å². The number of hydrogen-bond donors (Lipinski definition) is 0. The number of rotatable bonds is 5. The average molecular weight is 461 g/mol. The number of carbonyl (C=O) groups is 2. The van der Waals surface area contributed by atoms with Gasteiger partial charge in [-0.1, -0.05) is 53.5 Å². The lowest BCUT2D eigenvalue weighted by Gasteiger charge is -2.33. The molecule has 0 unspecified atom stereocenters.